The largest absolute Gasteiger partial charge is 0.417 e. The molecule has 1 amide bonds. The summed E-state index contributed by atoms with van der Waals surface area (Å²) in [5.74, 6) is -0.891. The first-order chi connectivity index (χ1) is 15.8. The molecule has 0 saturated carbocycles. The Balaban J connectivity index is 1.97. The Bertz CT molecular complexity index is 1330. The van der Waals surface area contributed by atoms with E-state index < -0.39 is 39.2 Å². The molecule has 3 rings (SSSR count). The van der Waals surface area contributed by atoms with Gasteiger partial charge in [-0.25, -0.2) is 8.42 Å². The van der Waals surface area contributed by atoms with Crippen molar-refractivity contribution in [1.82, 2.24) is 0 Å². The number of anilines is 2. The number of aryl methyl sites for hydroxylation is 1. The van der Waals surface area contributed by atoms with E-state index in [9.17, 15) is 26.4 Å². The highest BCUT2D eigenvalue weighted by Crippen LogP contribution is 2.36. The molecule has 0 unspecified atom stereocenters. The topological polar surface area (TPSA) is 66.5 Å². The second-order valence-electron chi connectivity index (χ2n) is 7.16. The van der Waals surface area contributed by atoms with Crippen molar-refractivity contribution in [3.8, 4) is 0 Å². The number of amides is 1. The minimum atomic E-state index is -4.74. The highest BCUT2D eigenvalue weighted by molar-refractivity contribution is 7.92. The van der Waals surface area contributed by atoms with Crippen LogP contribution in [0.5, 0.6) is 0 Å². The summed E-state index contributed by atoms with van der Waals surface area (Å²) in [5.41, 5.74) is -0.484. The van der Waals surface area contributed by atoms with Crippen molar-refractivity contribution >= 4 is 62.1 Å². The molecule has 0 fully saturated rings. The van der Waals surface area contributed by atoms with Crippen LogP contribution in [0.2, 0.25) is 15.1 Å². The summed E-state index contributed by atoms with van der Waals surface area (Å²) in [6, 6.07) is 12.8. The zero-order valence-electron chi connectivity index (χ0n) is 17.3. The summed E-state index contributed by atoms with van der Waals surface area (Å²) < 4.78 is 66.9. The maximum Gasteiger partial charge on any atom is 0.417 e. The van der Waals surface area contributed by atoms with Crippen LogP contribution in [0.3, 0.4) is 0 Å². The second-order valence-corrected chi connectivity index (χ2v) is 10.2. The number of carbonyl (C=O) groups is 1. The first-order valence-electron chi connectivity index (χ1n) is 9.50. The lowest BCUT2D eigenvalue weighted by atomic mass is 10.2. The van der Waals surface area contributed by atoms with Crippen LogP contribution in [0.1, 0.15) is 11.1 Å². The second kappa shape index (κ2) is 10.0. The van der Waals surface area contributed by atoms with E-state index in [4.69, 9.17) is 34.8 Å². The first-order valence-corrected chi connectivity index (χ1v) is 12.1. The van der Waals surface area contributed by atoms with E-state index >= 15 is 0 Å². The average Bonchev–Trinajstić information content (AvgIpc) is 2.75. The van der Waals surface area contributed by atoms with E-state index in [0.29, 0.717) is 6.07 Å². The summed E-state index contributed by atoms with van der Waals surface area (Å²) in [5, 5.41) is 1.96. The van der Waals surface area contributed by atoms with Crippen LogP contribution in [-0.4, -0.2) is 20.9 Å². The number of rotatable bonds is 6. The van der Waals surface area contributed by atoms with Crippen molar-refractivity contribution in [2.75, 3.05) is 16.2 Å². The van der Waals surface area contributed by atoms with Gasteiger partial charge in [-0.3, -0.25) is 9.10 Å². The van der Waals surface area contributed by atoms with Crippen LogP contribution in [0.4, 0.5) is 24.5 Å². The van der Waals surface area contributed by atoms with Crippen LogP contribution in [0, 0.1) is 6.92 Å². The molecule has 180 valence electrons. The molecule has 5 nitrogen and oxygen atoms in total. The molecule has 0 spiro atoms. The standard InChI is InChI=1S/C22H16Cl3F3N2O3S/c1-13-2-6-16(7-3-13)34(32,33)30(15-5-9-19(24)20(25)11-15)12-21(31)29-14-4-8-18(23)17(10-14)22(26,27)28/h2-11H,12H2,1H3,(H,29,31). The fraction of sp³-hybridized carbons (Fsp3) is 0.136. The van der Waals surface area contributed by atoms with Gasteiger partial charge in [0.15, 0.2) is 0 Å². The Morgan fingerprint density at radius 1 is 0.912 bits per heavy atom. The van der Waals surface area contributed by atoms with E-state index in [1.165, 1.54) is 36.4 Å². The minimum absolute atomic E-state index is 0.0391. The number of sulfonamides is 1. The van der Waals surface area contributed by atoms with Gasteiger partial charge in [-0.15, -0.1) is 0 Å². The summed E-state index contributed by atoms with van der Waals surface area (Å²) in [7, 11) is -4.26. The van der Waals surface area contributed by atoms with Gasteiger partial charge in [-0.2, -0.15) is 13.2 Å². The number of halogens is 6. The summed E-state index contributed by atoms with van der Waals surface area (Å²) in [4.78, 5) is 12.6. The predicted octanol–water partition coefficient (Wildman–Crippen LogP) is 6.81. The Kier molecular flexibility index (Phi) is 7.72. The summed E-state index contributed by atoms with van der Waals surface area (Å²) in [6.45, 7) is 1.03. The summed E-state index contributed by atoms with van der Waals surface area (Å²) in [6.07, 6.45) is -4.74. The number of alkyl halides is 3. The van der Waals surface area contributed by atoms with Crippen molar-refractivity contribution in [3.63, 3.8) is 0 Å². The van der Waals surface area contributed by atoms with Crippen LogP contribution in [-0.2, 0) is 21.0 Å². The molecule has 0 aromatic heterocycles. The molecule has 1 N–H and O–H groups in total. The number of carbonyl (C=O) groups excluding carboxylic acids is 1. The van der Waals surface area contributed by atoms with Gasteiger partial charge in [0.05, 0.1) is 31.2 Å². The molecule has 3 aromatic carbocycles. The lowest BCUT2D eigenvalue weighted by Gasteiger charge is -2.24. The van der Waals surface area contributed by atoms with Gasteiger partial charge in [0.2, 0.25) is 5.91 Å². The van der Waals surface area contributed by atoms with Crippen LogP contribution in [0.25, 0.3) is 0 Å². The van der Waals surface area contributed by atoms with E-state index in [2.05, 4.69) is 5.32 Å². The fourth-order valence-corrected chi connectivity index (χ4v) is 4.87. The normalized spacial score (nSPS) is 11.9. The molecular weight excluding hydrogens is 536 g/mol. The van der Waals surface area contributed by atoms with Crippen molar-refractivity contribution in [3.05, 3.63) is 86.9 Å². The predicted molar refractivity (Wildman–Crippen MR) is 127 cm³/mol. The number of hydrogen-bond acceptors (Lipinski definition) is 3. The fourth-order valence-electron chi connectivity index (χ4n) is 2.94. The van der Waals surface area contributed by atoms with Crippen molar-refractivity contribution < 1.29 is 26.4 Å². The molecule has 34 heavy (non-hydrogen) atoms. The lowest BCUT2D eigenvalue weighted by Crippen LogP contribution is -2.38. The molecule has 0 atom stereocenters. The zero-order valence-corrected chi connectivity index (χ0v) is 20.4. The summed E-state index contributed by atoms with van der Waals surface area (Å²) >= 11 is 17.6. The van der Waals surface area contributed by atoms with E-state index in [0.717, 1.165) is 15.9 Å². The quantitative estimate of drug-likeness (QED) is 0.366. The average molecular weight is 552 g/mol. The lowest BCUT2D eigenvalue weighted by molar-refractivity contribution is -0.137. The van der Waals surface area contributed by atoms with Gasteiger partial charge in [-0.05, 0) is 55.5 Å². The van der Waals surface area contributed by atoms with Crippen molar-refractivity contribution in [2.45, 2.75) is 18.0 Å². The SMILES string of the molecule is Cc1ccc(S(=O)(=O)N(CC(=O)Nc2ccc(Cl)c(C(F)(F)F)c2)c2ccc(Cl)c(Cl)c2)cc1. The van der Waals surface area contributed by atoms with Crippen molar-refractivity contribution in [2.24, 2.45) is 0 Å². The van der Waals surface area contributed by atoms with Crippen molar-refractivity contribution in [1.29, 1.82) is 0 Å². The Morgan fingerprint density at radius 2 is 1.53 bits per heavy atom. The highest BCUT2D eigenvalue weighted by Gasteiger charge is 2.34. The van der Waals surface area contributed by atoms with Gasteiger partial charge in [0.25, 0.3) is 10.0 Å². The van der Waals surface area contributed by atoms with E-state index in [-0.39, 0.29) is 26.3 Å². The molecule has 12 heteroatoms. The van der Waals surface area contributed by atoms with Gasteiger partial charge < -0.3 is 5.32 Å². The third-order valence-corrected chi connectivity index (χ3v) is 7.50. The number of nitrogens with zero attached hydrogens (tertiary/aromatic N) is 1. The monoisotopic (exact) mass is 550 g/mol. The van der Waals surface area contributed by atoms with E-state index in [1.807, 2.05) is 0 Å². The minimum Gasteiger partial charge on any atom is -0.324 e. The molecule has 0 bridgehead atoms. The van der Waals surface area contributed by atoms with Crippen LogP contribution < -0.4 is 9.62 Å². The molecule has 0 radical (unpaired) electrons. The maximum absolute atomic E-state index is 13.4. The third kappa shape index (κ3) is 5.96. The number of nitrogens with one attached hydrogen (secondary N) is 1. The number of hydrogen-bond donors (Lipinski definition) is 1. The van der Waals surface area contributed by atoms with Crippen LogP contribution >= 0.6 is 34.8 Å². The van der Waals surface area contributed by atoms with E-state index in [1.54, 1.807) is 19.1 Å². The first kappa shape index (κ1) is 26.2. The number of benzene rings is 3. The molecule has 3 aromatic rings. The molecule has 0 aliphatic rings. The third-order valence-electron chi connectivity index (χ3n) is 4.64. The molecule has 0 aliphatic carbocycles. The van der Waals surface area contributed by atoms with Gasteiger partial charge >= 0.3 is 6.18 Å². The Labute approximate surface area is 209 Å². The van der Waals surface area contributed by atoms with Crippen LogP contribution in [0.15, 0.2) is 65.6 Å². The van der Waals surface area contributed by atoms with Gasteiger partial charge in [0, 0.05) is 5.69 Å². The Morgan fingerprint density at radius 3 is 2.12 bits per heavy atom. The maximum atomic E-state index is 13.4. The molecule has 0 saturated heterocycles. The Hall–Kier alpha value is -2.46. The molecular formula is C22H16Cl3F3N2O3S. The molecule has 0 aliphatic heterocycles. The smallest absolute Gasteiger partial charge is 0.324 e. The highest BCUT2D eigenvalue weighted by atomic mass is 35.5. The van der Waals surface area contributed by atoms with Gasteiger partial charge in [0.1, 0.15) is 6.54 Å². The van der Waals surface area contributed by atoms with Gasteiger partial charge in [-0.1, -0.05) is 52.5 Å². The molecule has 0 heterocycles. The zero-order chi connectivity index (χ0) is 25.3.